The van der Waals surface area contributed by atoms with Gasteiger partial charge >= 0.3 is 5.97 Å². The Morgan fingerprint density at radius 1 is 1.23 bits per heavy atom. The van der Waals surface area contributed by atoms with Gasteiger partial charge in [-0.2, -0.15) is 0 Å². The molecule has 1 aromatic heterocycles. The molecule has 1 aromatic carbocycles. The van der Waals surface area contributed by atoms with E-state index in [1.165, 1.54) is 16.2 Å². The molecule has 1 aliphatic carbocycles. The van der Waals surface area contributed by atoms with Crippen molar-refractivity contribution in [2.24, 2.45) is 5.41 Å². The second kappa shape index (κ2) is 14.0. The van der Waals surface area contributed by atoms with E-state index >= 15 is 0 Å². The monoisotopic (exact) mass is 630 g/mol. The van der Waals surface area contributed by atoms with Crippen LogP contribution in [0.25, 0.3) is 10.4 Å². The Labute approximate surface area is 262 Å². The first-order valence-corrected chi connectivity index (χ1v) is 16.1. The highest BCUT2D eigenvalue weighted by Crippen LogP contribution is 2.40. The van der Waals surface area contributed by atoms with Gasteiger partial charge in [-0.1, -0.05) is 32.9 Å². The standard InChI is InChI=1S/C32H43FN4O6S/c1-6-42-25(38)10-8-16-43-24-17-21(26-20(2)35-19-44-26)11-12-22(24)18-34-28(39)23-9-7-15-37(23)29(40)27(31(3,4)5)36-30(41)32(33)13-14-32/h11-12,17,19,23,27H,6-10,13-16,18H2,1-5H3,(H,34,39)(H,36,41). The second-order valence-electron chi connectivity index (χ2n) is 12.5. The first-order chi connectivity index (χ1) is 20.8. The average Bonchev–Trinajstić information content (AvgIpc) is 3.33. The topological polar surface area (TPSA) is 127 Å². The van der Waals surface area contributed by atoms with E-state index in [1.54, 1.807) is 12.4 Å². The van der Waals surface area contributed by atoms with Gasteiger partial charge in [0, 0.05) is 25.1 Å². The van der Waals surface area contributed by atoms with Gasteiger partial charge in [0.15, 0.2) is 5.67 Å². The summed E-state index contributed by atoms with van der Waals surface area (Å²) in [5, 5.41) is 5.60. The van der Waals surface area contributed by atoms with Crippen LogP contribution in [-0.2, 0) is 30.5 Å². The van der Waals surface area contributed by atoms with Crippen molar-refractivity contribution in [3.63, 3.8) is 0 Å². The molecule has 12 heteroatoms. The van der Waals surface area contributed by atoms with Gasteiger partial charge in [-0.3, -0.25) is 19.2 Å². The molecule has 4 rings (SSSR count). The summed E-state index contributed by atoms with van der Waals surface area (Å²) >= 11 is 1.52. The minimum atomic E-state index is -1.90. The van der Waals surface area contributed by atoms with E-state index in [0.29, 0.717) is 38.2 Å². The fourth-order valence-corrected chi connectivity index (χ4v) is 6.00. The van der Waals surface area contributed by atoms with Crippen LogP contribution in [0.3, 0.4) is 0 Å². The van der Waals surface area contributed by atoms with Gasteiger partial charge in [0.1, 0.15) is 17.8 Å². The van der Waals surface area contributed by atoms with E-state index in [0.717, 1.165) is 21.7 Å². The molecule has 2 N–H and O–H groups in total. The number of halogens is 1. The number of nitrogens with one attached hydrogen (secondary N) is 2. The zero-order valence-electron chi connectivity index (χ0n) is 26.2. The molecule has 2 aromatic rings. The van der Waals surface area contributed by atoms with Crippen LogP contribution in [0.1, 0.15) is 77.5 Å². The highest BCUT2D eigenvalue weighted by Gasteiger charge is 2.53. The number of benzene rings is 1. The number of aryl methyl sites for hydroxylation is 1. The molecule has 1 saturated heterocycles. The van der Waals surface area contributed by atoms with Crippen LogP contribution in [0.4, 0.5) is 4.39 Å². The van der Waals surface area contributed by atoms with Gasteiger partial charge in [-0.15, -0.1) is 11.3 Å². The Kier molecular flexibility index (Phi) is 10.6. The van der Waals surface area contributed by atoms with Gasteiger partial charge in [-0.05, 0) is 63.0 Å². The number of ether oxygens (including phenoxy) is 2. The quantitative estimate of drug-likeness (QED) is 0.247. The molecule has 3 amide bonds. The van der Waals surface area contributed by atoms with Crippen molar-refractivity contribution in [3.05, 3.63) is 35.0 Å². The molecule has 2 heterocycles. The summed E-state index contributed by atoms with van der Waals surface area (Å²) in [5.41, 5.74) is 1.78. The third-order valence-corrected chi connectivity index (χ3v) is 8.92. The minimum absolute atomic E-state index is 0.153. The van der Waals surface area contributed by atoms with Crippen molar-refractivity contribution in [1.29, 1.82) is 0 Å². The summed E-state index contributed by atoms with van der Waals surface area (Å²) in [6.07, 6.45) is 2.14. The number of hydrogen-bond donors (Lipinski definition) is 2. The molecule has 10 nitrogen and oxygen atoms in total. The van der Waals surface area contributed by atoms with Gasteiger partial charge in [0.25, 0.3) is 5.91 Å². The van der Waals surface area contributed by atoms with Crippen molar-refractivity contribution >= 4 is 35.0 Å². The lowest BCUT2D eigenvalue weighted by atomic mass is 9.85. The molecule has 0 bridgehead atoms. The van der Waals surface area contributed by atoms with Crippen LogP contribution < -0.4 is 15.4 Å². The predicted molar refractivity (Wildman–Crippen MR) is 165 cm³/mol. The number of hydrogen-bond acceptors (Lipinski definition) is 8. The van der Waals surface area contributed by atoms with Crippen LogP contribution in [0.15, 0.2) is 23.7 Å². The fraction of sp³-hybridized carbons (Fsp3) is 0.594. The maximum absolute atomic E-state index is 14.4. The van der Waals surface area contributed by atoms with Crippen molar-refractivity contribution in [1.82, 2.24) is 20.5 Å². The lowest BCUT2D eigenvalue weighted by Gasteiger charge is -2.35. The van der Waals surface area contributed by atoms with Crippen LogP contribution in [0.5, 0.6) is 5.75 Å². The number of esters is 1. The molecular formula is C32H43FN4O6S. The number of likely N-dealkylation sites (tertiary alicyclic amines) is 1. The number of alkyl halides is 1. The van der Waals surface area contributed by atoms with Gasteiger partial charge in [0.05, 0.1) is 29.3 Å². The molecule has 1 saturated carbocycles. The van der Waals surface area contributed by atoms with Crippen molar-refractivity contribution in [3.8, 4) is 16.2 Å². The summed E-state index contributed by atoms with van der Waals surface area (Å²) in [5.74, 6) is -1.16. The third kappa shape index (κ3) is 8.13. The Balaban J connectivity index is 1.44. The molecule has 2 fully saturated rings. The van der Waals surface area contributed by atoms with Crippen LogP contribution in [0, 0.1) is 12.3 Å². The molecule has 0 radical (unpaired) electrons. The smallest absolute Gasteiger partial charge is 0.305 e. The summed E-state index contributed by atoms with van der Waals surface area (Å²) < 4.78 is 25.5. The minimum Gasteiger partial charge on any atom is -0.493 e. The SMILES string of the molecule is CCOC(=O)CCCOc1cc(-c2scnc2C)ccc1CNC(=O)C1CCCN1C(=O)C(NC(=O)C1(F)CC1)C(C)(C)C. The maximum atomic E-state index is 14.4. The normalized spacial score (nSPS) is 18.0. The van der Waals surface area contributed by atoms with Gasteiger partial charge in [0.2, 0.25) is 11.8 Å². The van der Waals surface area contributed by atoms with E-state index in [9.17, 15) is 23.6 Å². The van der Waals surface area contributed by atoms with E-state index < -0.39 is 29.1 Å². The Morgan fingerprint density at radius 3 is 2.61 bits per heavy atom. The molecule has 240 valence electrons. The lowest BCUT2D eigenvalue weighted by Crippen LogP contribution is -2.58. The largest absolute Gasteiger partial charge is 0.493 e. The lowest BCUT2D eigenvalue weighted by molar-refractivity contribution is -0.144. The summed E-state index contributed by atoms with van der Waals surface area (Å²) in [6.45, 7) is 10.3. The zero-order valence-corrected chi connectivity index (χ0v) is 27.0. The molecule has 0 spiro atoms. The molecule has 2 aliphatic rings. The van der Waals surface area contributed by atoms with E-state index in [1.807, 2.05) is 45.9 Å². The molecule has 2 atom stereocenters. The van der Waals surface area contributed by atoms with Crippen molar-refractivity contribution < 1.29 is 33.0 Å². The number of thiazole rings is 1. The molecule has 2 unspecified atom stereocenters. The maximum Gasteiger partial charge on any atom is 0.305 e. The van der Waals surface area contributed by atoms with E-state index in [4.69, 9.17) is 9.47 Å². The highest BCUT2D eigenvalue weighted by atomic mass is 32.1. The Hall–Kier alpha value is -3.54. The number of amides is 3. The number of aromatic nitrogens is 1. The summed E-state index contributed by atoms with van der Waals surface area (Å²) in [7, 11) is 0. The number of carbonyl (C=O) groups is 4. The van der Waals surface area contributed by atoms with Crippen LogP contribution in [0.2, 0.25) is 0 Å². The molecule has 1 aliphatic heterocycles. The number of nitrogens with zero attached hydrogens (tertiary/aromatic N) is 2. The molecular weight excluding hydrogens is 587 g/mol. The first-order valence-electron chi connectivity index (χ1n) is 15.2. The average molecular weight is 631 g/mol. The zero-order chi connectivity index (χ0) is 32.1. The highest BCUT2D eigenvalue weighted by molar-refractivity contribution is 7.13. The third-order valence-electron chi connectivity index (χ3n) is 7.94. The predicted octanol–water partition coefficient (Wildman–Crippen LogP) is 4.48. The van der Waals surface area contributed by atoms with Crippen LogP contribution >= 0.6 is 11.3 Å². The van der Waals surface area contributed by atoms with E-state index in [-0.39, 0.29) is 50.2 Å². The number of carbonyl (C=O) groups excluding carboxylic acids is 4. The van der Waals surface area contributed by atoms with Gasteiger partial charge < -0.3 is 25.0 Å². The second-order valence-corrected chi connectivity index (χ2v) is 13.3. The first kappa shape index (κ1) is 33.4. The summed E-state index contributed by atoms with van der Waals surface area (Å²) in [6, 6.07) is 4.08. The van der Waals surface area contributed by atoms with Gasteiger partial charge in [-0.25, -0.2) is 9.37 Å². The van der Waals surface area contributed by atoms with Crippen molar-refractivity contribution in [2.75, 3.05) is 19.8 Å². The van der Waals surface area contributed by atoms with E-state index in [2.05, 4.69) is 15.6 Å². The Morgan fingerprint density at radius 2 is 1.98 bits per heavy atom. The van der Waals surface area contributed by atoms with Crippen molar-refractivity contribution in [2.45, 2.75) is 97.4 Å². The summed E-state index contributed by atoms with van der Waals surface area (Å²) in [4.78, 5) is 58.2. The van der Waals surface area contributed by atoms with Crippen LogP contribution in [-0.4, -0.2) is 71.1 Å². The number of rotatable bonds is 13. The Bertz CT molecular complexity index is 1370. The molecule has 44 heavy (non-hydrogen) atoms. The fourth-order valence-electron chi connectivity index (χ4n) is 5.20.